The Morgan fingerprint density at radius 1 is 1.23 bits per heavy atom. The molecule has 8 heteroatoms. The summed E-state index contributed by atoms with van der Waals surface area (Å²) >= 11 is 6.09. The van der Waals surface area contributed by atoms with Crippen molar-refractivity contribution in [3.63, 3.8) is 0 Å². The van der Waals surface area contributed by atoms with Crippen molar-refractivity contribution in [3.8, 4) is 0 Å². The van der Waals surface area contributed by atoms with Crippen molar-refractivity contribution < 1.29 is 14.0 Å². The van der Waals surface area contributed by atoms with Crippen molar-refractivity contribution in [1.82, 2.24) is 9.78 Å². The van der Waals surface area contributed by atoms with Gasteiger partial charge in [0.2, 0.25) is 6.10 Å². The predicted molar refractivity (Wildman–Crippen MR) is 113 cm³/mol. The quantitative estimate of drug-likeness (QED) is 0.654. The maximum absolute atomic E-state index is 14.1. The minimum atomic E-state index is -0.869. The molecule has 154 valence electrons. The summed E-state index contributed by atoms with van der Waals surface area (Å²) in [6.45, 7) is 4.33. The predicted octanol–water partition coefficient (Wildman–Crippen LogP) is 4.47. The van der Waals surface area contributed by atoms with Crippen LogP contribution in [0, 0.1) is 19.7 Å². The first-order valence-corrected chi connectivity index (χ1v) is 9.87. The van der Waals surface area contributed by atoms with E-state index in [-0.39, 0.29) is 22.9 Å². The summed E-state index contributed by atoms with van der Waals surface area (Å²) in [5.74, 6) is -0.869. The number of hydrogen-bond acceptors (Lipinski definition) is 4. The van der Waals surface area contributed by atoms with Gasteiger partial charge in [-0.05, 0) is 31.5 Å². The SMILES string of the molecule is Cc1nn(Cc2ccccc2)c(C)c1NC(=O)C1CC(c2c(F)cccc2Cl)=NO1. The lowest BCUT2D eigenvalue weighted by molar-refractivity contribution is -0.125. The van der Waals surface area contributed by atoms with Gasteiger partial charge >= 0.3 is 0 Å². The van der Waals surface area contributed by atoms with Gasteiger partial charge < -0.3 is 10.2 Å². The number of anilines is 1. The Balaban J connectivity index is 1.46. The highest BCUT2D eigenvalue weighted by molar-refractivity contribution is 6.34. The van der Waals surface area contributed by atoms with Crippen LogP contribution in [0.5, 0.6) is 0 Å². The molecule has 1 amide bonds. The number of oxime groups is 1. The van der Waals surface area contributed by atoms with E-state index in [9.17, 15) is 9.18 Å². The summed E-state index contributed by atoms with van der Waals surface area (Å²) in [5.41, 5.74) is 3.76. The number of rotatable bonds is 5. The zero-order chi connectivity index (χ0) is 21.3. The molecule has 4 rings (SSSR count). The van der Waals surface area contributed by atoms with Crippen molar-refractivity contribution in [2.24, 2.45) is 5.16 Å². The van der Waals surface area contributed by atoms with Crippen LogP contribution in [0.15, 0.2) is 53.7 Å². The Hall–Kier alpha value is -3.19. The van der Waals surface area contributed by atoms with Crippen molar-refractivity contribution in [2.75, 3.05) is 5.32 Å². The van der Waals surface area contributed by atoms with Crippen molar-refractivity contribution in [2.45, 2.75) is 32.9 Å². The first-order valence-electron chi connectivity index (χ1n) is 9.50. The molecule has 2 aromatic carbocycles. The maximum atomic E-state index is 14.1. The van der Waals surface area contributed by atoms with Gasteiger partial charge in [0.1, 0.15) is 5.82 Å². The molecule has 1 atom stereocenters. The topological polar surface area (TPSA) is 68.5 Å². The van der Waals surface area contributed by atoms with Crippen LogP contribution >= 0.6 is 11.6 Å². The van der Waals surface area contributed by atoms with E-state index in [1.54, 1.807) is 6.07 Å². The van der Waals surface area contributed by atoms with Crippen molar-refractivity contribution in [1.29, 1.82) is 0 Å². The molecule has 30 heavy (non-hydrogen) atoms. The second kappa shape index (κ2) is 8.28. The number of hydrogen-bond donors (Lipinski definition) is 1. The summed E-state index contributed by atoms with van der Waals surface area (Å²) in [4.78, 5) is 18.0. The molecule has 2 heterocycles. The smallest absolute Gasteiger partial charge is 0.268 e. The molecule has 0 bridgehead atoms. The van der Waals surface area contributed by atoms with Gasteiger partial charge in [-0.1, -0.05) is 53.2 Å². The highest BCUT2D eigenvalue weighted by Crippen LogP contribution is 2.27. The zero-order valence-corrected chi connectivity index (χ0v) is 17.3. The van der Waals surface area contributed by atoms with Crippen LogP contribution in [0.3, 0.4) is 0 Å². The van der Waals surface area contributed by atoms with Crippen LogP contribution in [0.1, 0.15) is 28.9 Å². The first-order chi connectivity index (χ1) is 14.4. The van der Waals surface area contributed by atoms with E-state index in [4.69, 9.17) is 16.4 Å². The number of aromatic nitrogens is 2. The van der Waals surface area contributed by atoms with Crippen LogP contribution in [0.4, 0.5) is 10.1 Å². The summed E-state index contributed by atoms with van der Waals surface area (Å²) < 4.78 is 16.0. The maximum Gasteiger partial charge on any atom is 0.268 e. The van der Waals surface area contributed by atoms with E-state index in [2.05, 4.69) is 15.6 Å². The van der Waals surface area contributed by atoms with Gasteiger partial charge in [-0.25, -0.2) is 4.39 Å². The highest BCUT2D eigenvalue weighted by Gasteiger charge is 2.32. The van der Waals surface area contributed by atoms with E-state index in [1.165, 1.54) is 12.1 Å². The van der Waals surface area contributed by atoms with Crippen LogP contribution in [-0.4, -0.2) is 27.5 Å². The monoisotopic (exact) mass is 426 g/mol. The molecule has 3 aromatic rings. The van der Waals surface area contributed by atoms with Gasteiger partial charge in [-0.15, -0.1) is 0 Å². The third-order valence-electron chi connectivity index (χ3n) is 5.02. The summed E-state index contributed by atoms with van der Waals surface area (Å²) in [7, 11) is 0. The molecular weight excluding hydrogens is 407 g/mol. The van der Waals surface area contributed by atoms with Gasteiger partial charge in [0.05, 0.1) is 39.9 Å². The summed E-state index contributed by atoms with van der Waals surface area (Å²) in [6.07, 6.45) is -0.741. The van der Waals surface area contributed by atoms with Gasteiger partial charge in [0.25, 0.3) is 5.91 Å². The molecule has 0 saturated heterocycles. The molecule has 0 aliphatic carbocycles. The molecule has 0 spiro atoms. The minimum Gasteiger partial charge on any atom is -0.382 e. The average molecular weight is 427 g/mol. The van der Waals surface area contributed by atoms with Gasteiger partial charge in [-0.2, -0.15) is 5.10 Å². The lowest BCUT2D eigenvalue weighted by atomic mass is 10.0. The fraction of sp³-hybridized carbons (Fsp3) is 0.227. The number of benzene rings is 2. The average Bonchev–Trinajstić information content (AvgIpc) is 3.30. The number of halogens is 2. The van der Waals surface area contributed by atoms with Crippen molar-refractivity contribution in [3.05, 3.63) is 81.9 Å². The number of amides is 1. The molecule has 1 unspecified atom stereocenters. The Labute approximate surface area is 178 Å². The van der Waals surface area contributed by atoms with E-state index in [0.29, 0.717) is 23.6 Å². The van der Waals surface area contributed by atoms with Gasteiger partial charge in [0, 0.05) is 6.42 Å². The molecule has 6 nitrogen and oxygen atoms in total. The largest absolute Gasteiger partial charge is 0.382 e. The third-order valence-corrected chi connectivity index (χ3v) is 5.33. The van der Waals surface area contributed by atoms with E-state index < -0.39 is 11.9 Å². The van der Waals surface area contributed by atoms with E-state index in [0.717, 1.165) is 11.3 Å². The van der Waals surface area contributed by atoms with Crippen LogP contribution < -0.4 is 5.32 Å². The number of nitrogens with one attached hydrogen (secondary N) is 1. The highest BCUT2D eigenvalue weighted by atomic mass is 35.5. The van der Waals surface area contributed by atoms with E-state index in [1.807, 2.05) is 48.9 Å². The number of carbonyl (C=O) groups excluding carboxylic acids is 1. The molecular formula is C22H20ClFN4O2. The molecule has 1 aliphatic heterocycles. The van der Waals surface area contributed by atoms with Crippen LogP contribution in [0.2, 0.25) is 5.02 Å². The van der Waals surface area contributed by atoms with Gasteiger partial charge in [-0.3, -0.25) is 9.48 Å². The molecule has 0 radical (unpaired) electrons. The Bertz CT molecular complexity index is 1110. The lowest BCUT2D eigenvalue weighted by Crippen LogP contribution is -2.28. The number of nitrogens with zero attached hydrogens (tertiary/aromatic N) is 3. The second-order valence-electron chi connectivity index (χ2n) is 7.11. The first kappa shape index (κ1) is 20.1. The van der Waals surface area contributed by atoms with Crippen LogP contribution in [0.25, 0.3) is 0 Å². The molecule has 1 N–H and O–H groups in total. The summed E-state index contributed by atoms with van der Waals surface area (Å²) in [6, 6.07) is 14.3. The fourth-order valence-corrected chi connectivity index (χ4v) is 3.70. The van der Waals surface area contributed by atoms with Gasteiger partial charge in [0.15, 0.2) is 0 Å². The Morgan fingerprint density at radius 3 is 2.73 bits per heavy atom. The lowest BCUT2D eigenvalue weighted by Gasteiger charge is -2.10. The molecule has 0 fully saturated rings. The molecule has 0 saturated carbocycles. The Kier molecular flexibility index (Phi) is 5.55. The number of aryl methyl sites for hydroxylation is 1. The fourth-order valence-electron chi connectivity index (χ4n) is 3.43. The minimum absolute atomic E-state index is 0.128. The standard InChI is InChI=1S/C22H20ClFN4O2/c1-13-21(14(2)28(26-13)12-15-7-4-3-5-8-15)25-22(29)19-11-18(27-30-19)20-16(23)9-6-10-17(20)24/h3-10,19H,11-12H2,1-2H3,(H,25,29). The summed E-state index contributed by atoms with van der Waals surface area (Å²) in [5, 5.41) is 11.5. The molecule has 1 aromatic heterocycles. The molecule has 1 aliphatic rings. The zero-order valence-electron chi connectivity index (χ0n) is 16.5. The van der Waals surface area contributed by atoms with Crippen LogP contribution in [-0.2, 0) is 16.2 Å². The Morgan fingerprint density at radius 2 is 2.00 bits per heavy atom. The van der Waals surface area contributed by atoms with Crippen molar-refractivity contribution >= 4 is 28.9 Å². The number of carbonyl (C=O) groups is 1. The van der Waals surface area contributed by atoms with E-state index >= 15 is 0 Å². The normalized spacial score (nSPS) is 15.6. The third kappa shape index (κ3) is 3.93. The second-order valence-corrected chi connectivity index (χ2v) is 7.52.